The zero-order chi connectivity index (χ0) is 22.3. The van der Waals surface area contributed by atoms with E-state index in [9.17, 15) is 18.4 Å². The molecule has 1 fully saturated rings. The first-order valence-electron chi connectivity index (χ1n) is 9.85. The molecule has 2 aromatic carbocycles. The molecule has 2 N–H and O–H groups in total. The first-order valence-corrected chi connectivity index (χ1v) is 10.2. The number of amides is 2. The van der Waals surface area contributed by atoms with Crippen LogP contribution in [-0.4, -0.2) is 47.5 Å². The first kappa shape index (κ1) is 21.1. The number of benzene rings is 2. The average molecular weight is 447 g/mol. The van der Waals surface area contributed by atoms with Gasteiger partial charge in [-0.25, -0.2) is 8.78 Å². The minimum Gasteiger partial charge on any atom is -0.368 e. The summed E-state index contributed by atoms with van der Waals surface area (Å²) in [6, 6.07) is 7.96. The highest BCUT2D eigenvalue weighted by Crippen LogP contribution is 2.29. The third-order valence-electron chi connectivity index (χ3n) is 5.67. The Kier molecular flexibility index (Phi) is 5.58. The maximum atomic E-state index is 14.1. The van der Waals surface area contributed by atoms with E-state index in [2.05, 4.69) is 0 Å². The number of aromatic nitrogens is 1. The van der Waals surface area contributed by atoms with Gasteiger partial charge in [0.1, 0.15) is 17.7 Å². The lowest BCUT2D eigenvalue weighted by atomic mass is 10.1. The zero-order valence-electron chi connectivity index (χ0n) is 16.8. The number of anilines is 1. The molecule has 1 unspecified atom stereocenters. The lowest BCUT2D eigenvalue weighted by Crippen LogP contribution is -2.49. The number of halogens is 3. The van der Waals surface area contributed by atoms with Gasteiger partial charge in [-0.1, -0.05) is 17.7 Å². The number of nitrogens with two attached hydrogens (primary N) is 1. The largest absolute Gasteiger partial charge is 0.368 e. The van der Waals surface area contributed by atoms with Crippen LogP contribution in [0, 0.1) is 11.6 Å². The van der Waals surface area contributed by atoms with E-state index in [0.29, 0.717) is 53.4 Å². The van der Waals surface area contributed by atoms with Gasteiger partial charge in [0.15, 0.2) is 0 Å². The highest BCUT2D eigenvalue weighted by Gasteiger charge is 2.27. The van der Waals surface area contributed by atoms with E-state index in [-0.39, 0.29) is 5.91 Å². The van der Waals surface area contributed by atoms with Crippen molar-refractivity contribution in [2.75, 3.05) is 31.1 Å². The van der Waals surface area contributed by atoms with Crippen molar-refractivity contribution in [2.24, 2.45) is 5.73 Å². The number of nitrogens with zero attached hydrogens (tertiary/aromatic N) is 3. The summed E-state index contributed by atoms with van der Waals surface area (Å²) < 4.78 is 28.9. The number of piperazine rings is 1. The van der Waals surface area contributed by atoms with Crippen LogP contribution >= 0.6 is 11.6 Å². The van der Waals surface area contributed by atoms with E-state index in [1.54, 1.807) is 45.7 Å². The lowest BCUT2D eigenvalue weighted by molar-refractivity contribution is -0.120. The third kappa shape index (κ3) is 3.95. The van der Waals surface area contributed by atoms with E-state index in [1.165, 1.54) is 12.1 Å². The van der Waals surface area contributed by atoms with E-state index >= 15 is 0 Å². The highest BCUT2D eigenvalue weighted by molar-refractivity contribution is 6.31. The molecular formula is C22H21ClF2N4O2. The van der Waals surface area contributed by atoms with Crippen LogP contribution in [0.2, 0.25) is 5.02 Å². The molecule has 0 aliphatic carbocycles. The summed E-state index contributed by atoms with van der Waals surface area (Å²) in [6.07, 6.45) is 1.63. The molecule has 0 radical (unpaired) electrons. The van der Waals surface area contributed by atoms with Crippen molar-refractivity contribution in [3.63, 3.8) is 0 Å². The summed E-state index contributed by atoms with van der Waals surface area (Å²) in [7, 11) is 0. The molecule has 4 rings (SSSR count). The monoisotopic (exact) mass is 446 g/mol. The Morgan fingerprint density at radius 1 is 1.06 bits per heavy atom. The second kappa shape index (κ2) is 8.19. The Balaban J connectivity index is 1.58. The first-order chi connectivity index (χ1) is 14.8. The molecule has 2 heterocycles. The van der Waals surface area contributed by atoms with Crippen molar-refractivity contribution in [3.05, 3.63) is 64.8 Å². The minimum absolute atomic E-state index is 0.193. The van der Waals surface area contributed by atoms with Crippen LogP contribution in [0.4, 0.5) is 14.5 Å². The Hall–Kier alpha value is -3.13. The van der Waals surface area contributed by atoms with Gasteiger partial charge in [0.2, 0.25) is 5.91 Å². The molecule has 1 aliphatic rings. The van der Waals surface area contributed by atoms with Crippen molar-refractivity contribution in [1.82, 2.24) is 9.47 Å². The number of carbonyl (C=O) groups is 2. The summed E-state index contributed by atoms with van der Waals surface area (Å²) in [5.41, 5.74) is 6.88. The van der Waals surface area contributed by atoms with E-state index in [0.717, 1.165) is 6.07 Å². The Morgan fingerprint density at radius 2 is 1.77 bits per heavy atom. The molecule has 1 atom stereocenters. The van der Waals surface area contributed by atoms with Crippen molar-refractivity contribution in [2.45, 2.75) is 13.0 Å². The topological polar surface area (TPSA) is 71.6 Å². The van der Waals surface area contributed by atoms with Gasteiger partial charge in [-0.15, -0.1) is 0 Å². The van der Waals surface area contributed by atoms with Gasteiger partial charge in [0.25, 0.3) is 5.91 Å². The van der Waals surface area contributed by atoms with Gasteiger partial charge in [-0.2, -0.15) is 0 Å². The Morgan fingerprint density at radius 3 is 2.42 bits per heavy atom. The van der Waals surface area contributed by atoms with Crippen LogP contribution < -0.4 is 10.6 Å². The van der Waals surface area contributed by atoms with Crippen LogP contribution in [0.5, 0.6) is 0 Å². The van der Waals surface area contributed by atoms with Crippen LogP contribution in [-0.2, 0) is 4.79 Å². The molecule has 9 heteroatoms. The van der Waals surface area contributed by atoms with Gasteiger partial charge in [-0.05, 0) is 31.2 Å². The maximum Gasteiger partial charge on any atom is 0.256 e. The fraction of sp³-hybridized carbons (Fsp3) is 0.273. The SMILES string of the molecule is CC(C(N)=O)n1cc(C(=O)N2CCN(c3ccc(F)cc3F)CC2)c2ccc(Cl)cc21. The molecule has 31 heavy (non-hydrogen) atoms. The number of hydrogen-bond acceptors (Lipinski definition) is 3. The number of carbonyl (C=O) groups excluding carboxylic acids is 2. The lowest BCUT2D eigenvalue weighted by Gasteiger charge is -2.36. The standard InChI is InChI=1S/C22H21ClF2N4O2/c1-13(21(26)30)29-12-17(16-4-2-14(23)10-20(16)29)22(31)28-8-6-27(7-9-28)19-5-3-15(24)11-18(19)25/h2-5,10-13H,6-9H2,1H3,(H2,26,30). The quantitative estimate of drug-likeness (QED) is 0.665. The van der Waals surface area contributed by atoms with Crippen LogP contribution in [0.3, 0.4) is 0 Å². The van der Waals surface area contributed by atoms with Crippen molar-refractivity contribution < 1.29 is 18.4 Å². The molecule has 162 valence electrons. The third-order valence-corrected chi connectivity index (χ3v) is 5.91. The van der Waals surface area contributed by atoms with Gasteiger partial charge >= 0.3 is 0 Å². The van der Waals surface area contributed by atoms with E-state index in [4.69, 9.17) is 17.3 Å². The molecule has 1 aliphatic heterocycles. The minimum atomic E-state index is -0.652. The van der Waals surface area contributed by atoms with E-state index in [1.807, 2.05) is 0 Å². The molecular weight excluding hydrogens is 426 g/mol. The van der Waals surface area contributed by atoms with Gasteiger partial charge in [0, 0.05) is 48.9 Å². The van der Waals surface area contributed by atoms with Crippen LogP contribution in [0.1, 0.15) is 23.3 Å². The molecule has 0 bridgehead atoms. The predicted octanol–water partition coefficient (Wildman–Crippen LogP) is 3.58. The molecule has 2 amide bonds. The Bertz CT molecular complexity index is 1170. The number of hydrogen-bond donors (Lipinski definition) is 1. The molecule has 3 aromatic rings. The number of primary amides is 1. The zero-order valence-corrected chi connectivity index (χ0v) is 17.6. The molecule has 1 saturated heterocycles. The molecule has 1 aromatic heterocycles. The second-order valence-electron chi connectivity index (χ2n) is 7.56. The summed E-state index contributed by atoms with van der Waals surface area (Å²) >= 11 is 6.12. The predicted molar refractivity (Wildman–Crippen MR) is 115 cm³/mol. The Labute approximate surface area is 182 Å². The summed E-state index contributed by atoms with van der Waals surface area (Å²) in [5.74, 6) is -1.97. The van der Waals surface area contributed by atoms with Gasteiger partial charge in [0.05, 0.1) is 16.8 Å². The average Bonchev–Trinajstić information content (AvgIpc) is 3.11. The smallest absolute Gasteiger partial charge is 0.256 e. The molecule has 0 saturated carbocycles. The summed E-state index contributed by atoms with van der Waals surface area (Å²) in [4.78, 5) is 28.5. The van der Waals surface area contributed by atoms with Gasteiger partial charge < -0.3 is 20.1 Å². The van der Waals surface area contributed by atoms with Crippen LogP contribution in [0.25, 0.3) is 10.9 Å². The number of rotatable bonds is 4. The fourth-order valence-electron chi connectivity index (χ4n) is 3.91. The van der Waals surface area contributed by atoms with Crippen molar-refractivity contribution in [1.29, 1.82) is 0 Å². The summed E-state index contributed by atoms with van der Waals surface area (Å²) in [5, 5.41) is 1.16. The van der Waals surface area contributed by atoms with Crippen molar-refractivity contribution in [3.8, 4) is 0 Å². The highest BCUT2D eigenvalue weighted by atomic mass is 35.5. The van der Waals surface area contributed by atoms with Gasteiger partial charge in [-0.3, -0.25) is 9.59 Å². The maximum absolute atomic E-state index is 14.1. The summed E-state index contributed by atoms with van der Waals surface area (Å²) in [6.45, 7) is 3.24. The molecule has 0 spiro atoms. The fourth-order valence-corrected chi connectivity index (χ4v) is 4.08. The molecule has 6 nitrogen and oxygen atoms in total. The van der Waals surface area contributed by atoms with E-state index < -0.39 is 23.6 Å². The number of fused-ring (bicyclic) bond motifs is 1. The second-order valence-corrected chi connectivity index (χ2v) is 8.00. The van der Waals surface area contributed by atoms with Crippen molar-refractivity contribution >= 4 is 40.0 Å². The normalized spacial score (nSPS) is 15.4. The van der Waals surface area contributed by atoms with Crippen LogP contribution in [0.15, 0.2) is 42.6 Å².